The van der Waals surface area contributed by atoms with Crippen LogP contribution in [0.2, 0.25) is 0 Å². The molecule has 0 aliphatic heterocycles. The number of ether oxygens (including phenoxy) is 1. The van der Waals surface area contributed by atoms with Crippen molar-refractivity contribution >= 4 is 38.0 Å². The molecule has 0 spiro atoms. The number of fused-ring (bicyclic) bond motifs is 1. The van der Waals surface area contributed by atoms with E-state index in [2.05, 4.69) is 19.9 Å². The van der Waals surface area contributed by atoms with Crippen LogP contribution in [0.25, 0.3) is 10.8 Å². The number of anilines is 1. The summed E-state index contributed by atoms with van der Waals surface area (Å²) >= 11 is 0. The van der Waals surface area contributed by atoms with Crippen molar-refractivity contribution in [2.75, 3.05) is 12.3 Å². The fourth-order valence-corrected chi connectivity index (χ4v) is 3.13. The third-order valence-electron chi connectivity index (χ3n) is 3.67. The molecule has 13 heteroatoms. The maximum absolute atomic E-state index is 12.1. The topological polar surface area (TPSA) is 130 Å². The number of azo groups is 1. The Balaban J connectivity index is 0.00000320. The first kappa shape index (κ1) is 24.0. The number of benzene rings is 2. The smallest absolute Gasteiger partial charge is 0.744 e. The molecule has 152 valence electrons. The minimum absolute atomic E-state index is 0. The van der Waals surface area contributed by atoms with E-state index < -0.39 is 27.8 Å². The van der Waals surface area contributed by atoms with Crippen molar-refractivity contribution in [3.8, 4) is 5.88 Å². The number of alkyl halides is 3. The zero-order valence-electron chi connectivity index (χ0n) is 15.4. The molecular formula is C17H12F3N4NaO4S. The Morgan fingerprint density at radius 2 is 1.77 bits per heavy atom. The van der Waals surface area contributed by atoms with Crippen molar-refractivity contribution in [2.24, 2.45) is 10.2 Å². The molecule has 2 aromatic carbocycles. The molecule has 0 aliphatic carbocycles. The summed E-state index contributed by atoms with van der Waals surface area (Å²) < 4.78 is 75.6. The first-order valence-corrected chi connectivity index (χ1v) is 9.30. The summed E-state index contributed by atoms with van der Waals surface area (Å²) in [5, 5.41) is 8.15. The molecule has 1 aromatic heterocycles. The van der Waals surface area contributed by atoms with E-state index >= 15 is 0 Å². The van der Waals surface area contributed by atoms with Gasteiger partial charge in [0.1, 0.15) is 21.5 Å². The minimum Gasteiger partial charge on any atom is -0.744 e. The predicted molar refractivity (Wildman–Crippen MR) is 96.3 cm³/mol. The van der Waals surface area contributed by atoms with Crippen LogP contribution >= 0.6 is 0 Å². The number of hydrogen-bond acceptors (Lipinski definition) is 8. The van der Waals surface area contributed by atoms with E-state index in [1.54, 1.807) is 12.1 Å². The van der Waals surface area contributed by atoms with E-state index in [-0.39, 0.29) is 57.9 Å². The van der Waals surface area contributed by atoms with E-state index in [4.69, 9.17) is 5.73 Å². The van der Waals surface area contributed by atoms with Gasteiger partial charge in [-0.15, -0.1) is 10.2 Å². The molecule has 0 amide bonds. The summed E-state index contributed by atoms with van der Waals surface area (Å²) in [5.74, 6) is -0.258. The molecule has 3 aromatic rings. The van der Waals surface area contributed by atoms with Gasteiger partial charge >= 0.3 is 35.7 Å². The maximum atomic E-state index is 12.1. The number of nitrogens with two attached hydrogens (primary N) is 1. The molecule has 1 heterocycles. The number of pyridine rings is 1. The standard InChI is InChI=1S/C17H13F3N4O4S.Na/c18-17(19,20)9-28-15-6-5-10(8-22-15)23-24-13-7-14(29(25,26)27)11-3-1-2-4-12(11)16(13)21;/h1-8H,9,21H2,(H,25,26,27);/q;+1/p-1. The van der Waals surface area contributed by atoms with Crippen molar-refractivity contribution in [3.63, 3.8) is 0 Å². The summed E-state index contributed by atoms with van der Waals surface area (Å²) in [6, 6.07) is 9.63. The van der Waals surface area contributed by atoms with E-state index in [9.17, 15) is 26.1 Å². The zero-order chi connectivity index (χ0) is 21.2. The van der Waals surface area contributed by atoms with Gasteiger partial charge in [-0.25, -0.2) is 13.4 Å². The molecule has 0 fully saturated rings. The molecule has 0 aliphatic rings. The van der Waals surface area contributed by atoms with Crippen LogP contribution in [0.4, 0.5) is 30.2 Å². The number of halogens is 3. The molecule has 0 bridgehead atoms. The summed E-state index contributed by atoms with van der Waals surface area (Å²) in [6.45, 7) is -1.49. The SMILES string of the molecule is Nc1c(N=Nc2ccc(OCC(F)(F)F)nc2)cc(S(=O)(=O)[O-])c2ccccc12.[Na+]. The minimum atomic E-state index is -4.80. The molecule has 0 saturated heterocycles. The third kappa shape index (κ3) is 5.89. The van der Waals surface area contributed by atoms with E-state index in [1.165, 1.54) is 18.2 Å². The largest absolute Gasteiger partial charge is 1.00 e. The summed E-state index contributed by atoms with van der Waals surface area (Å²) in [7, 11) is -4.80. The molecule has 0 saturated carbocycles. The molecule has 8 nitrogen and oxygen atoms in total. The van der Waals surface area contributed by atoms with Crippen molar-refractivity contribution in [1.82, 2.24) is 4.98 Å². The summed E-state index contributed by atoms with van der Waals surface area (Å²) in [5.41, 5.74) is 6.20. The van der Waals surface area contributed by atoms with Gasteiger partial charge in [0.15, 0.2) is 6.61 Å². The van der Waals surface area contributed by atoms with Crippen molar-refractivity contribution < 1.29 is 60.4 Å². The molecule has 0 atom stereocenters. The van der Waals surface area contributed by atoms with Crippen LogP contribution in [-0.2, 0) is 10.1 Å². The second-order valence-electron chi connectivity index (χ2n) is 5.77. The van der Waals surface area contributed by atoms with Crippen LogP contribution in [0.5, 0.6) is 5.88 Å². The van der Waals surface area contributed by atoms with Gasteiger partial charge in [0.25, 0.3) is 0 Å². The molecular weight excluding hydrogens is 436 g/mol. The first-order chi connectivity index (χ1) is 13.5. The molecule has 0 unspecified atom stereocenters. The van der Waals surface area contributed by atoms with Gasteiger partial charge in [-0.3, -0.25) is 0 Å². The Kier molecular flexibility index (Phi) is 7.42. The first-order valence-electron chi connectivity index (χ1n) is 7.89. The van der Waals surface area contributed by atoms with Gasteiger partial charge < -0.3 is 15.0 Å². The molecule has 2 N–H and O–H groups in total. The zero-order valence-corrected chi connectivity index (χ0v) is 18.2. The van der Waals surface area contributed by atoms with Crippen molar-refractivity contribution in [3.05, 3.63) is 48.7 Å². The van der Waals surface area contributed by atoms with Crippen LogP contribution in [0.15, 0.2) is 63.8 Å². The Hall–Kier alpha value is -2.25. The second kappa shape index (κ2) is 9.27. The van der Waals surface area contributed by atoms with Crippen LogP contribution in [0.3, 0.4) is 0 Å². The summed E-state index contributed by atoms with van der Waals surface area (Å²) in [6.07, 6.45) is -3.38. The van der Waals surface area contributed by atoms with Gasteiger partial charge in [-0.1, -0.05) is 24.3 Å². The monoisotopic (exact) mass is 448 g/mol. The summed E-state index contributed by atoms with van der Waals surface area (Å²) in [4.78, 5) is 3.17. The average molecular weight is 448 g/mol. The van der Waals surface area contributed by atoms with Crippen LogP contribution in [0.1, 0.15) is 0 Å². The van der Waals surface area contributed by atoms with Gasteiger partial charge in [0.05, 0.1) is 16.8 Å². The van der Waals surface area contributed by atoms with Crippen LogP contribution < -0.4 is 40.0 Å². The van der Waals surface area contributed by atoms with Crippen LogP contribution in [-0.4, -0.2) is 30.7 Å². The normalized spacial score (nSPS) is 12.1. The number of nitrogen functional groups attached to an aromatic ring is 1. The third-order valence-corrected chi connectivity index (χ3v) is 4.55. The molecule has 3 rings (SSSR count). The average Bonchev–Trinajstić information content (AvgIpc) is 2.65. The van der Waals surface area contributed by atoms with E-state index in [0.717, 1.165) is 18.3 Å². The maximum Gasteiger partial charge on any atom is 1.00 e. The fraction of sp³-hybridized carbons (Fsp3) is 0.118. The van der Waals surface area contributed by atoms with Crippen molar-refractivity contribution in [2.45, 2.75) is 11.1 Å². The van der Waals surface area contributed by atoms with Gasteiger partial charge in [-0.2, -0.15) is 13.2 Å². The number of nitrogens with zero attached hydrogens (tertiary/aromatic N) is 3. The fourth-order valence-electron chi connectivity index (χ4n) is 2.42. The Morgan fingerprint density at radius 3 is 2.33 bits per heavy atom. The van der Waals surface area contributed by atoms with Crippen molar-refractivity contribution in [1.29, 1.82) is 0 Å². The predicted octanol–water partition coefficient (Wildman–Crippen LogP) is 1.08. The quantitative estimate of drug-likeness (QED) is 0.269. The van der Waals surface area contributed by atoms with Gasteiger partial charge in [-0.05, 0) is 12.1 Å². The Morgan fingerprint density at radius 1 is 1.10 bits per heavy atom. The van der Waals surface area contributed by atoms with Gasteiger partial charge in [0.2, 0.25) is 5.88 Å². The molecule has 0 radical (unpaired) electrons. The Bertz CT molecular complexity index is 1190. The second-order valence-corrected chi connectivity index (χ2v) is 7.11. The number of aromatic nitrogens is 1. The van der Waals surface area contributed by atoms with E-state index in [1.807, 2.05) is 0 Å². The number of rotatable bonds is 5. The van der Waals surface area contributed by atoms with Gasteiger partial charge in [0, 0.05) is 16.8 Å². The van der Waals surface area contributed by atoms with E-state index in [0.29, 0.717) is 5.39 Å². The van der Waals surface area contributed by atoms with Crippen LogP contribution in [0, 0.1) is 0 Å². The Labute approximate surface area is 191 Å². The number of hydrogen-bond donors (Lipinski definition) is 1. The molecule has 30 heavy (non-hydrogen) atoms.